The standard InChI is InChI=1S/C23H28N2O6S/c1-6-10-30-16-9-8-15(13-17(16)29-5)20-19(22(27)31-12-11-28-4)14(3)24-23-25(20)21(26)18(7-2)32-23/h6,8-9,13,18,20H,1,7,10-12H2,2-5H3. The predicted molar refractivity (Wildman–Crippen MR) is 123 cm³/mol. The highest BCUT2D eigenvalue weighted by Gasteiger charge is 2.47. The zero-order valence-electron chi connectivity index (χ0n) is 18.8. The normalized spacial score (nSPS) is 20.1. The Morgan fingerprint density at radius 1 is 1.28 bits per heavy atom. The van der Waals surface area contributed by atoms with Crippen LogP contribution in [0.25, 0.3) is 0 Å². The van der Waals surface area contributed by atoms with E-state index in [4.69, 9.17) is 18.9 Å². The third-order valence-corrected chi connectivity index (χ3v) is 6.44. The van der Waals surface area contributed by atoms with Gasteiger partial charge in [-0.1, -0.05) is 37.4 Å². The van der Waals surface area contributed by atoms with Gasteiger partial charge in [-0.25, -0.2) is 9.79 Å². The number of fused-ring (bicyclic) bond motifs is 1. The molecule has 2 aliphatic heterocycles. The number of ether oxygens (including phenoxy) is 4. The second-order valence-electron chi connectivity index (χ2n) is 7.16. The number of methoxy groups -OCH3 is 2. The second-order valence-corrected chi connectivity index (χ2v) is 8.33. The molecule has 0 aliphatic carbocycles. The maximum atomic E-state index is 13.2. The number of benzene rings is 1. The number of hydrogen-bond acceptors (Lipinski definition) is 8. The van der Waals surface area contributed by atoms with Crippen LogP contribution < -0.4 is 9.47 Å². The van der Waals surface area contributed by atoms with Gasteiger partial charge in [0.25, 0.3) is 0 Å². The number of amides is 1. The Morgan fingerprint density at radius 2 is 2.06 bits per heavy atom. The minimum absolute atomic E-state index is 0.0816. The predicted octanol–water partition coefficient (Wildman–Crippen LogP) is 3.49. The molecule has 9 heteroatoms. The molecule has 1 saturated heterocycles. The molecule has 2 atom stereocenters. The summed E-state index contributed by atoms with van der Waals surface area (Å²) in [6, 6.07) is 4.68. The first-order chi connectivity index (χ1) is 15.5. The van der Waals surface area contributed by atoms with Crippen LogP contribution in [0.3, 0.4) is 0 Å². The van der Waals surface area contributed by atoms with Crippen LogP contribution in [0.4, 0.5) is 0 Å². The average molecular weight is 461 g/mol. The van der Waals surface area contributed by atoms with Crippen LogP contribution in [0.15, 0.2) is 47.1 Å². The number of aliphatic imine (C=N–C) groups is 1. The van der Waals surface area contributed by atoms with Crippen LogP contribution in [0.5, 0.6) is 11.5 Å². The van der Waals surface area contributed by atoms with Crippen molar-refractivity contribution in [2.24, 2.45) is 4.99 Å². The first kappa shape index (κ1) is 23.9. The van der Waals surface area contributed by atoms with Gasteiger partial charge in [-0.15, -0.1) is 0 Å². The molecule has 172 valence electrons. The van der Waals surface area contributed by atoms with Gasteiger partial charge in [0, 0.05) is 7.11 Å². The van der Waals surface area contributed by atoms with Gasteiger partial charge in [-0.3, -0.25) is 9.69 Å². The van der Waals surface area contributed by atoms with Crippen LogP contribution in [0, 0.1) is 0 Å². The van der Waals surface area contributed by atoms with E-state index < -0.39 is 12.0 Å². The van der Waals surface area contributed by atoms with E-state index in [0.29, 0.717) is 46.5 Å². The molecule has 1 aromatic carbocycles. The largest absolute Gasteiger partial charge is 0.493 e. The molecule has 0 spiro atoms. The summed E-state index contributed by atoms with van der Waals surface area (Å²) in [6.07, 6.45) is 2.30. The minimum atomic E-state index is -0.684. The summed E-state index contributed by atoms with van der Waals surface area (Å²) >= 11 is 1.42. The molecule has 3 rings (SSSR count). The molecule has 2 heterocycles. The highest BCUT2D eigenvalue weighted by molar-refractivity contribution is 8.15. The number of rotatable bonds is 10. The van der Waals surface area contributed by atoms with Gasteiger partial charge in [0.1, 0.15) is 13.2 Å². The van der Waals surface area contributed by atoms with Crippen LogP contribution in [-0.4, -0.2) is 61.2 Å². The number of allylic oxidation sites excluding steroid dienone is 1. The maximum Gasteiger partial charge on any atom is 0.338 e. The van der Waals surface area contributed by atoms with E-state index in [2.05, 4.69) is 11.6 Å². The van der Waals surface area contributed by atoms with Crippen molar-refractivity contribution in [3.05, 3.63) is 47.7 Å². The van der Waals surface area contributed by atoms with Crippen molar-refractivity contribution in [2.75, 3.05) is 34.0 Å². The zero-order chi connectivity index (χ0) is 23.3. The van der Waals surface area contributed by atoms with E-state index in [-0.39, 0.29) is 24.4 Å². The molecule has 1 amide bonds. The highest BCUT2D eigenvalue weighted by Crippen LogP contribution is 2.45. The lowest BCUT2D eigenvalue weighted by Crippen LogP contribution is -2.41. The average Bonchev–Trinajstić information content (AvgIpc) is 3.11. The molecular formula is C23H28N2O6S. The maximum absolute atomic E-state index is 13.2. The summed E-state index contributed by atoms with van der Waals surface area (Å²) in [6.45, 7) is 8.08. The van der Waals surface area contributed by atoms with Crippen LogP contribution >= 0.6 is 11.8 Å². The number of esters is 1. The van der Waals surface area contributed by atoms with Crippen molar-refractivity contribution in [3.63, 3.8) is 0 Å². The lowest BCUT2D eigenvalue weighted by Gasteiger charge is -2.33. The highest BCUT2D eigenvalue weighted by atomic mass is 32.2. The Bertz CT molecular complexity index is 958. The summed E-state index contributed by atoms with van der Waals surface area (Å²) in [5, 5.41) is 0.341. The van der Waals surface area contributed by atoms with E-state index in [9.17, 15) is 9.59 Å². The fourth-order valence-electron chi connectivity index (χ4n) is 3.58. The van der Waals surface area contributed by atoms with Gasteiger partial charge in [0.15, 0.2) is 16.7 Å². The smallest absolute Gasteiger partial charge is 0.338 e. The summed E-state index contributed by atoms with van der Waals surface area (Å²) in [5.41, 5.74) is 1.54. The Hall–Kier alpha value is -2.78. The zero-order valence-corrected chi connectivity index (χ0v) is 19.6. The third-order valence-electron chi connectivity index (χ3n) is 5.12. The molecule has 32 heavy (non-hydrogen) atoms. The van der Waals surface area contributed by atoms with Gasteiger partial charge in [-0.2, -0.15) is 0 Å². The number of carbonyl (C=O) groups is 2. The number of thioether (sulfide) groups is 1. The molecule has 1 aromatic rings. The van der Waals surface area contributed by atoms with Gasteiger partial charge in [0.05, 0.1) is 36.3 Å². The van der Waals surface area contributed by atoms with E-state index in [1.165, 1.54) is 18.9 Å². The van der Waals surface area contributed by atoms with Crippen LogP contribution in [0.1, 0.15) is 31.9 Å². The van der Waals surface area contributed by atoms with E-state index in [1.54, 1.807) is 37.1 Å². The van der Waals surface area contributed by atoms with Crippen LogP contribution in [0.2, 0.25) is 0 Å². The molecule has 0 radical (unpaired) electrons. The molecule has 8 nitrogen and oxygen atoms in total. The van der Waals surface area contributed by atoms with Crippen LogP contribution in [-0.2, 0) is 19.1 Å². The van der Waals surface area contributed by atoms with E-state index >= 15 is 0 Å². The van der Waals surface area contributed by atoms with E-state index in [0.717, 1.165) is 0 Å². The fraction of sp³-hybridized carbons (Fsp3) is 0.435. The first-order valence-corrected chi connectivity index (χ1v) is 11.2. The molecule has 2 aliphatic rings. The molecular weight excluding hydrogens is 432 g/mol. The lowest BCUT2D eigenvalue weighted by molar-refractivity contribution is -0.141. The second kappa shape index (κ2) is 10.7. The topological polar surface area (TPSA) is 86.7 Å². The van der Waals surface area contributed by atoms with Crippen molar-refractivity contribution in [3.8, 4) is 11.5 Å². The van der Waals surface area contributed by atoms with Gasteiger partial charge in [0.2, 0.25) is 5.91 Å². The summed E-state index contributed by atoms with van der Waals surface area (Å²) in [5.74, 6) is 0.418. The third kappa shape index (κ3) is 4.68. The molecule has 2 unspecified atom stereocenters. The van der Waals surface area contributed by atoms with Gasteiger partial charge < -0.3 is 18.9 Å². The minimum Gasteiger partial charge on any atom is -0.493 e. The number of hydrogen-bond donors (Lipinski definition) is 0. The number of carbonyl (C=O) groups excluding carboxylic acids is 2. The van der Waals surface area contributed by atoms with E-state index in [1.807, 2.05) is 13.0 Å². The SMILES string of the molecule is C=CCOc1ccc(C2C(C(=O)OCCOC)=C(C)N=C3SC(CC)C(=O)N32)cc1OC. The van der Waals surface area contributed by atoms with Crippen molar-refractivity contribution in [1.82, 2.24) is 4.90 Å². The summed E-state index contributed by atoms with van der Waals surface area (Å²) < 4.78 is 21.6. The Kier molecular flexibility index (Phi) is 7.98. The summed E-state index contributed by atoms with van der Waals surface area (Å²) in [4.78, 5) is 32.4. The number of nitrogens with zero attached hydrogens (tertiary/aromatic N) is 2. The van der Waals surface area contributed by atoms with Crippen molar-refractivity contribution in [2.45, 2.75) is 31.6 Å². The Balaban J connectivity index is 2.07. The van der Waals surface area contributed by atoms with Crippen molar-refractivity contribution >= 4 is 28.8 Å². The fourth-order valence-corrected chi connectivity index (χ4v) is 4.72. The lowest BCUT2D eigenvalue weighted by atomic mass is 9.94. The summed E-state index contributed by atoms with van der Waals surface area (Å²) in [7, 11) is 3.07. The monoisotopic (exact) mass is 460 g/mol. The quantitative estimate of drug-likeness (QED) is 0.300. The Morgan fingerprint density at radius 3 is 2.72 bits per heavy atom. The van der Waals surface area contributed by atoms with Gasteiger partial charge >= 0.3 is 5.97 Å². The Labute approximate surface area is 192 Å². The van der Waals surface area contributed by atoms with Crippen molar-refractivity contribution < 1.29 is 28.5 Å². The molecule has 0 saturated carbocycles. The van der Waals surface area contributed by atoms with Gasteiger partial charge in [-0.05, 0) is 31.0 Å². The molecule has 0 aromatic heterocycles. The first-order valence-electron chi connectivity index (χ1n) is 10.3. The molecule has 1 fully saturated rings. The van der Waals surface area contributed by atoms with Crippen molar-refractivity contribution in [1.29, 1.82) is 0 Å². The number of amidine groups is 1. The molecule has 0 N–H and O–H groups in total. The molecule has 0 bridgehead atoms.